The molecule has 0 saturated heterocycles. The highest BCUT2D eigenvalue weighted by Gasteiger charge is 2.14. The molecule has 0 radical (unpaired) electrons. The van der Waals surface area contributed by atoms with E-state index in [1.54, 1.807) is 7.11 Å². The Labute approximate surface area is 115 Å². The summed E-state index contributed by atoms with van der Waals surface area (Å²) >= 11 is 7.15. The van der Waals surface area contributed by atoms with Crippen LogP contribution in [0, 0.1) is 0 Å². The molecule has 6 heteroatoms. The van der Waals surface area contributed by atoms with E-state index in [1.807, 2.05) is 24.3 Å². The van der Waals surface area contributed by atoms with Crippen molar-refractivity contribution in [1.82, 2.24) is 4.37 Å². The number of hydrogen-bond acceptors (Lipinski definition) is 5. The fourth-order valence-electron chi connectivity index (χ4n) is 1.61. The van der Waals surface area contributed by atoms with Crippen LogP contribution in [0.2, 0.25) is 5.02 Å². The molecule has 0 aliphatic rings. The summed E-state index contributed by atoms with van der Waals surface area (Å²) in [6.07, 6.45) is 0. The van der Waals surface area contributed by atoms with Crippen LogP contribution in [0.15, 0.2) is 24.3 Å². The van der Waals surface area contributed by atoms with E-state index in [9.17, 15) is 0 Å². The highest BCUT2D eigenvalue weighted by atomic mass is 35.5. The molecule has 1 aromatic heterocycles. The monoisotopic (exact) mass is 283 g/mol. The highest BCUT2D eigenvalue weighted by molar-refractivity contribution is 7.11. The first-order chi connectivity index (χ1) is 8.61. The van der Waals surface area contributed by atoms with Gasteiger partial charge in [0.15, 0.2) is 16.6 Å². The largest absolute Gasteiger partial charge is 0.490 e. The van der Waals surface area contributed by atoms with E-state index < -0.39 is 0 Å². The van der Waals surface area contributed by atoms with Crippen LogP contribution in [-0.4, -0.2) is 11.5 Å². The Balaban J connectivity index is 2.15. The molecule has 1 unspecified atom stereocenters. The van der Waals surface area contributed by atoms with Gasteiger partial charge in [0.05, 0.1) is 7.11 Å². The Kier molecular flexibility index (Phi) is 3.93. The molecule has 0 fully saturated rings. The molecule has 0 aliphatic carbocycles. The van der Waals surface area contributed by atoms with Crippen molar-refractivity contribution in [3.8, 4) is 5.75 Å². The van der Waals surface area contributed by atoms with E-state index in [2.05, 4.69) is 16.6 Å². The van der Waals surface area contributed by atoms with Gasteiger partial charge in [-0.15, -0.1) is 0 Å². The SMILES string of the molecule is COc1c(N)nsc1NC(C)c1ccc(Cl)cc1. The molecular weight excluding hydrogens is 270 g/mol. The topological polar surface area (TPSA) is 60.2 Å². The number of aromatic nitrogens is 1. The summed E-state index contributed by atoms with van der Waals surface area (Å²) in [5.41, 5.74) is 6.84. The van der Waals surface area contributed by atoms with E-state index in [4.69, 9.17) is 22.1 Å². The van der Waals surface area contributed by atoms with Gasteiger partial charge in [-0.1, -0.05) is 23.7 Å². The second-order valence-electron chi connectivity index (χ2n) is 3.85. The first-order valence-corrected chi connectivity index (χ1v) is 6.58. The number of halogens is 1. The lowest BCUT2D eigenvalue weighted by atomic mass is 10.1. The molecule has 96 valence electrons. The first kappa shape index (κ1) is 13.0. The zero-order chi connectivity index (χ0) is 13.1. The molecule has 1 aromatic carbocycles. The fourth-order valence-corrected chi connectivity index (χ4v) is 2.51. The normalized spacial score (nSPS) is 12.2. The summed E-state index contributed by atoms with van der Waals surface area (Å²) in [5, 5.41) is 4.88. The van der Waals surface area contributed by atoms with E-state index >= 15 is 0 Å². The lowest BCUT2D eigenvalue weighted by Crippen LogP contribution is -2.06. The van der Waals surface area contributed by atoms with Gasteiger partial charge in [-0.25, -0.2) is 0 Å². The summed E-state index contributed by atoms with van der Waals surface area (Å²) in [5.74, 6) is 1.01. The summed E-state index contributed by atoms with van der Waals surface area (Å²) in [6, 6.07) is 7.82. The molecule has 0 amide bonds. The minimum atomic E-state index is 0.121. The van der Waals surface area contributed by atoms with Crippen molar-refractivity contribution < 1.29 is 4.74 Å². The number of nitrogens with two attached hydrogens (primary N) is 1. The van der Waals surface area contributed by atoms with Gasteiger partial charge in [-0.3, -0.25) is 0 Å². The number of methoxy groups -OCH3 is 1. The van der Waals surface area contributed by atoms with Crippen LogP contribution in [0.25, 0.3) is 0 Å². The van der Waals surface area contributed by atoms with Crippen LogP contribution in [0.3, 0.4) is 0 Å². The smallest absolute Gasteiger partial charge is 0.197 e. The second-order valence-corrected chi connectivity index (χ2v) is 5.06. The van der Waals surface area contributed by atoms with Gasteiger partial charge in [-0.2, -0.15) is 4.37 Å². The average Bonchev–Trinajstić information content (AvgIpc) is 2.70. The van der Waals surface area contributed by atoms with E-state index in [0.29, 0.717) is 11.6 Å². The Morgan fingerprint density at radius 1 is 1.39 bits per heavy atom. The Morgan fingerprint density at radius 2 is 2.06 bits per heavy atom. The number of anilines is 2. The van der Waals surface area contributed by atoms with Gasteiger partial charge < -0.3 is 15.8 Å². The predicted molar refractivity (Wildman–Crippen MR) is 76.6 cm³/mol. The third kappa shape index (κ3) is 2.68. The van der Waals surface area contributed by atoms with Gasteiger partial charge in [0.2, 0.25) is 0 Å². The quantitative estimate of drug-likeness (QED) is 0.901. The molecule has 1 atom stereocenters. The molecule has 3 N–H and O–H groups in total. The van der Waals surface area contributed by atoms with Crippen LogP contribution in [0.5, 0.6) is 5.75 Å². The summed E-state index contributed by atoms with van der Waals surface area (Å²) in [6.45, 7) is 2.05. The molecule has 0 bridgehead atoms. The number of hydrogen-bond donors (Lipinski definition) is 2. The number of nitrogens with one attached hydrogen (secondary N) is 1. The maximum atomic E-state index is 5.86. The van der Waals surface area contributed by atoms with Gasteiger partial charge >= 0.3 is 0 Å². The fraction of sp³-hybridized carbons (Fsp3) is 0.250. The molecule has 0 aliphatic heterocycles. The van der Waals surface area contributed by atoms with Gasteiger partial charge in [-0.05, 0) is 36.2 Å². The maximum Gasteiger partial charge on any atom is 0.197 e. The molecule has 2 rings (SSSR count). The van der Waals surface area contributed by atoms with Gasteiger partial charge in [0.1, 0.15) is 0 Å². The van der Waals surface area contributed by atoms with Crippen molar-refractivity contribution >= 4 is 34.0 Å². The van der Waals surface area contributed by atoms with Crippen molar-refractivity contribution in [3.05, 3.63) is 34.9 Å². The zero-order valence-electron chi connectivity index (χ0n) is 10.1. The molecule has 4 nitrogen and oxygen atoms in total. The number of ether oxygens (including phenoxy) is 1. The summed E-state index contributed by atoms with van der Waals surface area (Å²) in [4.78, 5) is 0. The molecule has 2 aromatic rings. The minimum absolute atomic E-state index is 0.121. The molecular formula is C12H14ClN3OS. The molecule has 18 heavy (non-hydrogen) atoms. The van der Waals surface area contributed by atoms with Crippen molar-refractivity contribution in [1.29, 1.82) is 0 Å². The summed E-state index contributed by atoms with van der Waals surface area (Å²) in [7, 11) is 1.58. The Bertz CT molecular complexity index is 527. The van der Waals surface area contributed by atoms with Crippen LogP contribution in [0.1, 0.15) is 18.5 Å². The molecule has 0 saturated carbocycles. The number of benzene rings is 1. The standard InChI is InChI=1S/C12H14ClN3OS/c1-7(8-3-5-9(13)6-4-8)15-12-10(17-2)11(14)16-18-12/h3-7,15H,1-2H3,(H2,14,16). The third-order valence-electron chi connectivity index (χ3n) is 2.60. The number of nitrogen functional groups attached to an aromatic ring is 1. The summed E-state index contributed by atoms with van der Waals surface area (Å²) < 4.78 is 9.27. The Hall–Kier alpha value is -1.46. The van der Waals surface area contributed by atoms with Crippen LogP contribution in [0.4, 0.5) is 10.8 Å². The van der Waals surface area contributed by atoms with E-state index in [1.165, 1.54) is 11.5 Å². The van der Waals surface area contributed by atoms with Gasteiger partial charge in [0.25, 0.3) is 0 Å². The van der Waals surface area contributed by atoms with Crippen molar-refractivity contribution in [2.45, 2.75) is 13.0 Å². The third-order valence-corrected chi connectivity index (χ3v) is 3.62. The van der Waals surface area contributed by atoms with Crippen molar-refractivity contribution in [2.75, 3.05) is 18.2 Å². The zero-order valence-corrected chi connectivity index (χ0v) is 11.7. The van der Waals surface area contributed by atoms with Gasteiger partial charge in [0, 0.05) is 11.1 Å². The van der Waals surface area contributed by atoms with Crippen LogP contribution >= 0.6 is 23.1 Å². The highest BCUT2D eigenvalue weighted by Crippen LogP contribution is 2.36. The first-order valence-electron chi connectivity index (χ1n) is 5.43. The number of nitrogens with zero attached hydrogens (tertiary/aromatic N) is 1. The van der Waals surface area contributed by atoms with Crippen molar-refractivity contribution in [2.24, 2.45) is 0 Å². The maximum absolute atomic E-state index is 5.86. The average molecular weight is 284 g/mol. The minimum Gasteiger partial charge on any atom is -0.490 e. The molecule has 1 heterocycles. The molecule has 0 spiro atoms. The van der Waals surface area contributed by atoms with E-state index in [-0.39, 0.29) is 6.04 Å². The van der Waals surface area contributed by atoms with E-state index in [0.717, 1.165) is 15.6 Å². The van der Waals surface area contributed by atoms with Crippen molar-refractivity contribution in [3.63, 3.8) is 0 Å². The predicted octanol–water partition coefficient (Wildman–Crippen LogP) is 3.56. The van der Waals surface area contributed by atoms with Crippen LogP contribution < -0.4 is 15.8 Å². The lowest BCUT2D eigenvalue weighted by Gasteiger charge is -2.14. The number of rotatable bonds is 4. The Morgan fingerprint density at radius 3 is 2.67 bits per heavy atom. The lowest BCUT2D eigenvalue weighted by molar-refractivity contribution is 0.419. The second kappa shape index (κ2) is 5.46. The van der Waals surface area contributed by atoms with Crippen LogP contribution in [-0.2, 0) is 0 Å².